The summed E-state index contributed by atoms with van der Waals surface area (Å²) in [6.45, 7) is 7.88. The van der Waals surface area contributed by atoms with E-state index in [1.165, 1.54) is 0 Å². The van der Waals surface area contributed by atoms with Crippen LogP contribution in [0.25, 0.3) is 0 Å². The number of rotatable bonds is 5. The van der Waals surface area contributed by atoms with Crippen LogP contribution < -0.4 is 10.6 Å². The highest BCUT2D eigenvalue weighted by molar-refractivity contribution is 5.96. The zero-order valence-corrected chi connectivity index (χ0v) is 12.0. The number of hydrogen-bond donors (Lipinski definition) is 2. The first kappa shape index (κ1) is 15.2. The Morgan fingerprint density at radius 1 is 1.11 bits per heavy atom. The molecule has 0 aliphatic heterocycles. The predicted molar refractivity (Wildman–Crippen MR) is 77.4 cm³/mol. The van der Waals surface area contributed by atoms with Crippen molar-refractivity contribution in [3.63, 3.8) is 0 Å². The third-order valence-corrected chi connectivity index (χ3v) is 2.50. The van der Waals surface area contributed by atoms with E-state index < -0.39 is 0 Å². The summed E-state index contributed by atoms with van der Waals surface area (Å²) in [4.78, 5) is 23.1. The molecule has 19 heavy (non-hydrogen) atoms. The minimum Gasteiger partial charge on any atom is -0.376 e. The van der Waals surface area contributed by atoms with Crippen molar-refractivity contribution in [3.8, 4) is 0 Å². The summed E-state index contributed by atoms with van der Waals surface area (Å²) in [7, 11) is 0. The summed E-state index contributed by atoms with van der Waals surface area (Å²) in [5.74, 6) is 0.0678. The number of amides is 1. The molecule has 104 valence electrons. The second-order valence-electron chi connectivity index (χ2n) is 5.51. The number of benzene rings is 1. The maximum Gasteiger partial charge on any atom is 0.239 e. The highest BCUT2D eigenvalue weighted by Gasteiger charge is 2.13. The van der Waals surface area contributed by atoms with Crippen LogP contribution >= 0.6 is 0 Å². The standard InChI is InChI=1S/C15H22N2O2/c1-5-13(18)11-6-8-12(9-7-11)16-10-14(19)17-15(2,3)4/h6-9,16H,5,10H2,1-4H3,(H,17,19). The molecule has 1 aromatic carbocycles. The fourth-order valence-electron chi connectivity index (χ4n) is 1.62. The van der Waals surface area contributed by atoms with Gasteiger partial charge in [0.1, 0.15) is 0 Å². The van der Waals surface area contributed by atoms with Gasteiger partial charge in [-0.3, -0.25) is 9.59 Å². The number of nitrogens with one attached hydrogen (secondary N) is 2. The monoisotopic (exact) mass is 262 g/mol. The van der Waals surface area contributed by atoms with Crippen LogP contribution in [0.4, 0.5) is 5.69 Å². The van der Waals surface area contributed by atoms with Crippen molar-refractivity contribution in [2.24, 2.45) is 0 Å². The van der Waals surface area contributed by atoms with E-state index in [9.17, 15) is 9.59 Å². The van der Waals surface area contributed by atoms with Crippen molar-refractivity contribution in [1.29, 1.82) is 0 Å². The number of carbonyl (C=O) groups excluding carboxylic acids is 2. The average molecular weight is 262 g/mol. The molecule has 2 N–H and O–H groups in total. The fraction of sp³-hybridized carbons (Fsp3) is 0.467. The highest BCUT2D eigenvalue weighted by atomic mass is 16.2. The number of ketones is 1. The molecule has 1 amide bonds. The van der Waals surface area contributed by atoms with E-state index in [4.69, 9.17) is 0 Å². The maximum atomic E-state index is 11.6. The third-order valence-electron chi connectivity index (χ3n) is 2.50. The first-order valence-electron chi connectivity index (χ1n) is 6.50. The van der Waals surface area contributed by atoms with Crippen LogP contribution in [0.2, 0.25) is 0 Å². The van der Waals surface area contributed by atoms with Crippen molar-refractivity contribution in [2.75, 3.05) is 11.9 Å². The molecule has 0 aliphatic carbocycles. The minimum absolute atomic E-state index is 0.0544. The van der Waals surface area contributed by atoms with E-state index in [-0.39, 0.29) is 23.8 Å². The predicted octanol–water partition coefficient (Wildman–Crippen LogP) is 2.61. The molecule has 4 nitrogen and oxygen atoms in total. The molecule has 0 saturated carbocycles. The van der Waals surface area contributed by atoms with Gasteiger partial charge in [0.2, 0.25) is 5.91 Å². The lowest BCUT2D eigenvalue weighted by Crippen LogP contribution is -2.43. The molecule has 4 heteroatoms. The molecule has 1 rings (SSSR count). The molecular weight excluding hydrogens is 240 g/mol. The van der Waals surface area contributed by atoms with Crippen molar-refractivity contribution in [2.45, 2.75) is 39.7 Å². The molecule has 0 atom stereocenters. The third kappa shape index (κ3) is 5.55. The maximum absolute atomic E-state index is 11.6. The van der Waals surface area contributed by atoms with Gasteiger partial charge < -0.3 is 10.6 Å². The van der Waals surface area contributed by atoms with E-state index in [1.54, 1.807) is 12.1 Å². The van der Waals surface area contributed by atoms with Crippen LogP contribution in [0, 0.1) is 0 Å². The van der Waals surface area contributed by atoms with Gasteiger partial charge >= 0.3 is 0 Å². The lowest BCUT2D eigenvalue weighted by molar-refractivity contribution is -0.120. The first-order valence-corrected chi connectivity index (χ1v) is 6.50. The molecule has 0 spiro atoms. The number of anilines is 1. The summed E-state index contributed by atoms with van der Waals surface area (Å²) in [5, 5.41) is 5.90. The van der Waals surface area contributed by atoms with Gasteiger partial charge in [0.15, 0.2) is 5.78 Å². The lowest BCUT2D eigenvalue weighted by atomic mass is 10.1. The number of carbonyl (C=O) groups is 2. The van der Waals surface area contributed by atoms with Crippen molar-refractivity contribution >= 4 is 17.4 Å². The molecule has 0 heterocycles. The van der Waals surface area contributed by atoms with Crippen molar-refractivity contribution < 1.29 is 9.59 Å². The minimum atomic E-state index is -0.226. The van der Waals surface area contributed by atoms with E-state index in [2.05, 4.69) is 10.6 Å². The molecule has 0 unspecified atom stereocenters. The smallest absolute Gasteiger partial charge is 0.239 e. The Kier molecular flexibility index (Phi) is 5.10. The average Bonchev–Trinajstić information content (AvgIpc) is 2.34. The van der Waals surface area contributed by atoms with Gasteiger partial charge in [-0.1, -0.05) is 6.92 Å². The van der Waals surface area contributed by atoms with Crippen LogP contribution in [-0.4, -0.2) is 23.8 Å². The molecule has 0 aromatic heterocycles. The van der Waals surface area contributed by atoms with E-state index in [0.717, 1.165) is 5.69 Å². The van der Waals surface area contributed by atoms with Gasteiger partial charge in [-0.2, -0.15) is 0 Å². The van der Waals surface area contributed by atoms with Gasteiger partial charge in [0, 0.05) is 23.2 Å². The molecule has 0 fully saturated rings. The van der Waals surface area contributed by atoms with Crippen molar-refractivity contribution in [1.82, 2.24) is 5.32 Å². The summed E-state index contributed by atoms with van der Waals surface area (Å²) >= 11 is 0. The zero-order valence-electron chi connectivity index (χ0n) is 12.0. The van der Waals surface area contributed by atoms with Gasteiger partial charge in [-0.25, -0.2) is 0 Å². The van der Waals surface area contributed by atoms with Crippen LogP contribution in [0.1, 0.15) is 44.5 Å². The van der Waals surface area contributed by atoms with Crippen LogP contribution in [-0.2, 0) is 4.79 Å². The Morgan fingerprint density at radius 3 is 2.16 bits per heavy atom. The molecule has 1 aromatic rings. The normalized spacial score (nSPS) is 10.9. The van der Waals surface area contributed by atoms with E-state index in [0.29, 0.717) is 12.0 Å². The Bertz CT molecular complexity index is 444. The van der Waals surface area contributed by atoms with Gasteiger partial charge in [-0.05, 0) is 45.0 Å². The largest absolute Gasteiger partial charge is 0.376 e. The van der Waals surface area contributed by atoms with Gasteiger partial charge in [-0.15, -0.1) is 0 Å². The molecular formula is C15H22N2O2. The molecule has 0 saturated heterocycles. The molecule has 0 aliphatic rings. The second-order valence-corrected chi connectivity index (χ2v) is 5.51. The molecule has 0 bridgehead atoms. The van der Waals surface area contributed by atoms with Crippen molar-refractivity contribution in [3.05, 3.63) is 29.8 Å². The van der Waals surface area contributed by atoms with Gasteiger partial charge in [0.25, 0.3) is 0 Å². The molecule has 0 radical (unpaired) electrons. The SMILES string of the molecule is CCC(=O)c1ccc(NCC(=O)NC(C)(C)C)cc1. The number of Topliss-reactive ketones (excluding diaryl/α,β-unsaturated/α-hetero) is 1. The van der Waals surface area contributed by atoms with Gasteiger partial charge in [0.05, 0.1) is 6.54 Å². The van der Waals surface area contributed by atoms with E-state index >= 15 is 0 Å². The second kappa shape index (κ2) is 6.36. The fourth-order valence-corrected chi connectivity index (χ4v) is 1.62. The van der Waals surface area contributed by atoms with Crippen LogP contribution in [0.15, 0.2) is 24.3 Å². The Balaban J connectivity index is 2.50. The first-order chi connectivity index (χ1) is 8.81. The topological polar surface area (TPSA) is 58.2 Å². The summed E-state index contributed by atoms with van der Waals surface area (Å²) in [6.07, 6.45) is 0.501. The highest BCUT2D eigenvalue weighted by Crippen LogP contribution is 2.10. The quantitative estimate of drug-likeness (QED) is 0.802. The van der Waals surface area contributed by atoms with E-state index in [1.807, 2.05) is 39.8 Å². The Morgan fingerprint density at radius 2 is 1.68 bits per heavy atom. The number of hydrogen-bond acceptors (Lipinski definition) is 3. The summed E-state index contributed by atoms with van der Waals surface area (Å²) in [6, 6.07) is 7.17. The van der Waals surface area contributed by atoms with Crippen LogP contribution in [0.5, 0.6) is 0 Å². The summed E-state index contributed by atoms with van der Waals surface area (Å²) in [5.41, 5.74) is 1.31. The Hall–Kier alpha value is -1.84. The zero-order chi connectivity index (χ0) is 14.5. The Labute approximate surface area is 114 Å². The lowest BCUT2D eigenvalue weighted by Gasteiger charge is -2.20. The van der Waals surface area contributed by atoms with Crippen LogP contribution in [0.3, 0.4) is 0 Å². The summed E-state index contributed by atoms with van der Waals surface area (Å²) < 4.78 is 0.